The van der Waals surface area contributed by atoms with E-state index in [0.29, 0.717) is 0 Å². The summed E-state index contributed by atoms with van der Waals surface area (Å²) in [5, 5.41) is 0. The van der Waals surface area contributed by atoms with Crippen LogP contribution in [0.4, 0.5) is 0 Å². The van der Waals surface area contributed by atoms with Crippen LogP contribution in [-0.4, -0.2) is 41.9 Å². The molecule has 8 nitrogen and oxygen atoms in total. The predicted molar refractivity (Wildman–Crippen MR) is 85.2 cm³/mol. The second-order valence-electron chi connectivity index (χ2n) is 6.71. The molecule has 25 heavy (non-hydrogen) atoms. The van der Waals surface area contributed by atoms with Gasteiger partial charge in [-0.05, 0) is 41.5 Å². The molecule has 0 amide bonds. The van der Waals surface area contributed by atoms with Gasteiger partial charge in [0.15, 0.2) is 11.6 Å². The van der Waals surface area contributed by atoms with Gasteiger partial charge in [-0.1, -0.05) is 0 Å². The molecular weight excluding hydrogens is 332 g/mol. The molecule has 0 aromatic heterocycles. The first-order valence-electron chi connectivity index (χ1n) is 7.62. The highest BCUT2D eigenvalue weighted by Crippen LogP contribution is 2.21. The van der Waals surface area contributed by atoms with Crippen molar-refractivity contribution in [1.29, 1.82) is 0 Å². The number of Topliss-reactive ketones (excluding diaryl/α,β-unsaturated/α-hetero) is 4. The van der Waals surface area contributed by atoms with Gasteiger partial charge in [-0.2, -0.15) is 0 Å². The third kappa shape index (κ3) is 6.56. The third-order valence-corrected chi connectivity index (χ3v) is 4.20. The number of esters is 2. The van der Waals surface area contributed by atoms with Gasteiger partial charge in [0.2, 0.25) is 6.79 Å². The van der Waals surface area contributed by atoms with Crippen LogP contribution in [0.3, 0.4) is 0 Å². The number of carbonyl (C=O) groups is 6. The van der Waals surface area contributed by atoms with E-state index in [-0.39, 0.29) is 11.6 Å². The summed E-state index contributed by atoms with van der Waals surface area (Å²) in [4.78, 5) is 69.3. The monoisotopic (exact) mass is 356 g/mol. The number of ether oxygens (including phenoxy) is 2. The van der Waals surface area contributed by atoms with E-state index in [1.54, 1.807) is 0 Å². The maximum atomic E-state index is 11.8. The molecule has 0 rings (SSSR count). The van der Waals surface area contributed by atoms with Gasteiger partial charge in [-0.3, -0.25) is 28.8 Å². The van der Waals surface area contributed by atoms with Crippen LogP contribution in [0.25, 0.3) is 0 Å². The first kappa shape index (κ1) is 22.6. The molecule has 0 aromatic carbocycles. The molecule has 0 aromatic rings. The average molecular weight is 356 g/mol. The van der Waals surface area contributed by atoms with E-state index in [4.69, 9.17) is 0 Å². The lowest BCUT2D eigenvalue weighted by atomic mass is 9.83. The number of carbonyl (C=O) groups excluding carboxylic acids is 6. The Labute approximate surface area is 146 Å². The van der Waals surface area contributed by atoms with Crippen molar-refractivity contribution >= 4 is 35.1 Å². The Morgan fingerprint density at radius 3 is 1.16 bits per heavy atom. The van der Waals surface area contributed by atoms with Crippen LogP contribution < -0.4 is 0 Å². The normalized spacial score (nSPS) is 11.4. The quantitative estimate of drug-likeness (QED) is 0.325. The lowest BCUT2D eigenvalue weighted by Crippen LogP contribution is -2.34. The van der Waals surface area contributed by atoms with Crippen molar-refractivity contribution in [3.63, 3.8) is 0 Å². The zero-order valence-electron chi connectivity index (χ0n) is 15.4. The first-order valence-corrected chi connectivity index (χ1v) is 7.62. The molecule has 0 unspecified atom stereocenters. The topological polar surface area (TPSA) is 121 Å². The van der Waals surface area contributed by atoms with Gasteiger partial charge in [0, 0.05) is 0 Å². The summed E-state index contributed by atoms with van der Waals surface area (Å²) >= 11 is 0. The SMILES string of the molecule is CC(=O)C(C)(C)C(=O)CC(=O)OCOC(=O)CC(=O)C(C)(C)C(C)=O. The molecule has 0 aliphatic carbocycles. The van der Waals surface area contributed by atoms with Gasteiger partial charge in [0.05, 0.1) is 10.8 Å². The van der Waals surface area contributed by atoms with Crippen LogP contribution in [-0.2, 0) is 38.2 Å². The van der Waals surface area contributed by atoms with Crippen molar-refractivity contribution in [2.75, 3.05) is 6.79 Å². The van der Waals surface area contributed by atoms with Gasteiger partial charge < -0.3 is 9.47 Å². The predicted octanol–water partition coefficient (Wildman–Crippen LogP) is 1.18. The molecule has 0 aliphatic heterocycles. The molecule has 0 saturated carbocycles. The minimum Gasteiger partial charge on any atom is -0.428 e. The highest BCUT2D eigenvalue weighted by molar-refractivity contribution is 6.11. The minimum atomic E-state index is -1.31. The van der Waals surface area contributed by atoms with E-state index in [2.05, 4.69) is 9.47 Å². The van der Waals surface area contributed by atoms with Gasteiger partial charge >= 0.3 is 11.9 Å². The van der Waals surface area contributed by atoms with Crippen LogP contribution in [0.5, 0.6) is 0 Å². The summed E-state index contributed by atoms with van der Waals surface area (Å²) < 4.78 is 9.16. The highest BCUT2D eigenvalue weighted by Gasteiger charge is 2.35. The van der Waals surface area contributed by atoms with Crippen LogP contribution >= 0.6 is 0 Å². The average Bonchev–Trinajstić information content (AvgIpc) is 2.46. The lowest BCUT2D eigenvalue weighted by Gasteiger charge is -2.19. The molecule has 0 radical (unpaired) electrons. The fraction of sp³-hybridized carbons (Fsp3) is 0.647. The van der Waals surface area contributed by atoms with Crippen molar-refractivity contribution < 1.29 is 38.2 Å². The Kier molecular flexibility index (Phi) is 7.82. The van der Waals surface area contributed by atoms with E-state index in [1.807, 2.05) is 0 Å². The minimum absolute atomic E-state index is 0.386. The maximum absolute atomic E-state index is 11.8. The standard InChI is InChI=1S/C17H24O8/c1-10(18)16(3,4)12(20)7-14(22)24-9-25-15(23)8-13(21)17(5,6)11(2)19/h7-9H2,1-6H3. The summed E-state index contributed by atoms with van der Waals surface area (Å²) in [5.41, 5.74) is -2.61. The summed E-state index contributed by atoms with van der Waals surface area (Å²) in [6.07, 6.45) is -1.28. The lowest BCUT2D eigenvalue weighted by molar-refractivity contribution is -0.168. The van der Waals surface area contributed by atoms with Crippen LogP contribution in [0, 0.1) is 10.8 Å². The van der Waals surface area contributed by atoms with Gasteiger partial charge in [-0.15, -0.1) is 0 Å². The van der Waals surface area contributed by atoms with E-state index in [9.17, 15) is 28.8 Å². The molecule has 140 valence electrons. The Morgan fingerprint density at radius 1 is 0.640 bits per heavy atom. The van der Waals surface area contributed by atoms with E-state index in [0.717, 1.165) is 0 Å². The van der Waals surface area contributed by atoms with E-state index in [1.165, 1.54) is 41.5 Å². The second kappa shape index (κ2) is 8.64. The largest absolute Gasteiger partial charge is 0.428 e. The zero-order valence-corrected chi connectivity index (χ0v) is 15.4. The summed E-state index contributed by atoms with van der Waals surface area (Å²) in [5.74, 6) is -3.92. The Balaban J connectivity index is 4.36. The molecule has 0 saturated heterocycles. The second-order valence-corrected chi connectivity index (χ2v) is 6.71. The number of hydrogen-bond acceptors (Lipinski definition) is 8. The molecule has 8 heteroatoms. The highest BCUT2D eigenvalue weighted by atomic mass is 16.7. The smallest absolute Gasteiger partial charge is 0.316 e. The zero-order chi connectivity index (χ0) is 20.0. The molecule has 0 aliphatic rings. The Bertz CT molecular complexity index is 546. The number of rotatable bonds is 10. The molecule has 0 bridgehead atoms. The van der Waals surface area contributed by atoms with Crippen molar-refractivity contribution in [2.24, 2.45) is 10.8 Å². The Morgan fingerprint density at radius 2 is 0.920 bits per heavy atom. The van der Waals surface area contributed by atoms with Crippen LogP contribution in [0.2, 0.25) is 0 Å². The summed E-state index contributed by atoms with van der Waals surface area (Å²) in [7, 11) is 0. The summed E-state index contributed by atoms with van der Waals surface area (Å²) in [6, 6.07) is 0. The van der Waals surface area contributed by atoms with E-state index < -0.39 is 54.0 Å². The molecular formula is C17H24O8. The molecule has 0 fully saturated rings. The first-order chi connectivity index (χ1) is 11.2. The van der Waals surface area contributed by atoms with Crippen LogP contribution in [0.1, 0.15) is 54.4 Å². The van der Waals surface area contributed by atoms with Gasteiger partial charge in [0.1, 0.15) is 24.4 Å². The fourth-order valence-corrected chi connectivity index (χ4v) is 1.36. The molecule has 0 atom stereocenters. The Hall–Kier alpha value is -2.38. The molecule has 0 spiro atoms. The maximum Gasteiger partial charge on any atom is 0.316 e. The number of hydrogen-bond donors (Lipinski definition) is 0. The van der Waals surface area contributed by atoms with Crippen LogP contribution in [0.15, 0.2) is 0 Å². The third-order valence-electron chi connectivity index (χ3n) is 4.20. The van der Waals surface area contributed by atoms with Gasteiger partial charge in [-0.25, -0.2) is 0 Å². The number of ketones is 4. The van der Waals surface area contributed by atoms with Crippen molar-refractivity contribution in [3.8, 4) is 0 Å². The van der Waals surface area contributed by atoms with E-state index >= 15 is 0 Å². The summed E-state index contributed by atoms with van der Waals surface area (Å²) in [6.45, 7) is 7.30. The fourth-order valence-electron chi connectivity index (χ4n) is 1.36. The van der Waals surface area contributed by atoms with Crippen molar-refractivity contribution in [2.45, 2.75) is 54.4 Å². The van der Waals surface area contributed by atoms with Crippen molar-refractivity contribution in [1.82, 2.24) is 0 Å². The van der Waals surface area contributed by atoms with Crippen molar-refractivity contribution in [3.05, 3.63) is 0 Å². The van der Waals surface area contributed by atoms with Gasteiger partial charge in [0.25, 0.3) is 0 Å². The molecule has 0 N–H and O–H groups in total. The molecule has 0 heterocycles.